The normalized spacial score (nSPS) is 11.3. The van der Waals surface area contributed by atoms with Crippen molar-refractivity contribution in [1.29, 1.82) is 0 Å². The van der Waals surface area contributed by atoms with Crippen LogP contribution < -0.4 is 24.3 Å². The number of ether oxygens (including phenoxy) is 4. The molecule has 0 saturated carbocycles. The van der Waals surface area contributed by atoms with Crippen LogP contribution in [0.25, 0.3) is 11.3 Å². The summed E-state index contributed by atoms with van der Waals surface area (Å²) >= 11 is 1.43. The number of rotatable bonds is 13. The van der Waals surface area contributed by atoms with Crippen LogP contribution in [0, 0.1) is 0 Å². The van der Waals surface area contributed by atoms with Gasteiger partial charge in [-0.25, -0.2) is 4.98 Å². The lowest BCUT2D eigenvalue weighted by Gasteiger charge is -2.31. The summed E-state index contributed by atoms with van der Waals surface area (Å²) in [6.07, 6.45) is 0.0840. The molecule has 2 amide bonds. The van der Waals surface area contributed by atoms with Gasteiger partial charge < -0.3 is 29.2 Å². The minimum absolute atomic E-state index is 0.0840. The molecule has 0 aliphatic heterocycles. The molecule has 10 heteroatoms. The number of hydrogen-bond donors (Lipinski definition) is 1. The maximum absolute atomic E-state index is 14.4. The number of aromatic nitrogens is 1. The monoisotopic (exact) mass is 637 g/mol. The molecule has 0 aliphatic rings. The van der Waals surface area contributed by atoms with Crippen molar-refractivity contribution >= 4 is 28.8 Å². The first-order valence-electron chi connectivity index (χ1n) is 14.5. The third-order valence-electron chi connectivity index (χ3n) is 7.40. The molecule has 0 saturated heterocycles. The number of carbonyl (C=O) groups excluding carboxylic acids is 2. The van der Waals surface area contributed by atoms with Crippen molar-refractivity contribution in [3.05, 3.63) is 119 Å². The molecular weight excluding hydrogens is 602 g/mol. The molecule has 236 valence electrons. The zero-order valence-electron chi connectivity index (χ0n) is 26.1. The predicted molar refractivity (Wildman–Crippen MR) is 179 cm³/mol. The van der Waals surface area contributed by atoms with Crippen molar-refractivity contribution in [3.8, 4) is 34.3 Å². The molecule has 0 fully saturated rings. The van der Waals surface area contributed by atoms with Gasteiger partial charge >= 0.3 is 0 Å². The largest absolute Gasteiger partial charge is 0.497 e. The highest BCUT2D eigenvalue weighted by Crippen LogP contribution is 2.36. The van der Waals surface area contributed by atoms with E-state index in [2.05, 4.69) is 5.32 Å². The van der Waals surface area contributed by atoms with Crippen molar-refractivity contribution in [1.82, 2.24) is 9.88 Å². The standard InChI is InChI=1S/C36H35N3O6S/c1-42-27-16-17-28(31(21-27)44-3)38-36(41)35(26-15-18-30(43-2)32(20-26)45-4)39(34(40)19-24-11-7-5-8-12-24)22-33-37-29(23-46-33)25-13-9-6-10-14-25/h5-18,20-21,23,35H,19,22H2,1-4H3,(H,38,41). The van der Waals surface area contributed by atoms with Gasteiger partial charge in [-0.3, -0.25) is 9.59 Å². The molecule has 9 nitrogen and oxygen atoms in total. The topological polar surface area (TPSA) is 99.2 Å². The van der Waals surface area contributed by atoms with Gasteiger partial charge in [0.05, 0.1) is 52.8 Å². The molecule has 4 aromatic carbocycles. The molecular formula is C36H35N3O6S. The molecule has 46 heavy (non-hydrogen) atoms. The molecule has 0 radical (unpaired) electrons. The Hall–Kier alpha value is -5.35. The fourth-order valence-electron chi connectivity index (χ4n) is 5.06. The van der Waals surface area contributed by atoms with Crippen LogP contribution in [0.5, 0.6) is 23.0 Å². The lowest BCUT2D eigenvalue weighted by molar-refractivity contribution is -0.139. The van der Waals surface area contributed by atoms with Crippen molar-refractivity contribution in [2.75, 3.05) is 33.8 Å². The lowest BCUT2D eigenvalue weighted by Crippen LogP contribution is -2.41. The number of nitrogens with one attached hydrogen (secondary N) is 1. The third-order valence-corrected chi connectivity index (χ3v) is 8.23. The van der Waals surface area contributed by atoms with Crippen LogP contribution >= 0.6 is 11.3 Å². The van der Waals surface area contributed by atoms with Crippen LogP contribution in [0.4, 0.5) is 5.69 Å². The molecule has 1 N–H and O–H groups in total. The molecule has 5 aromatic rings. The van der Waals surface area contributed by atoms with E-state index in [0.29, 0.717) is 39.3 Å². The van der Waals surface area contributed by atoms with Gasteiger partial charge in [-0.1, -0.05) is 66.7 Å². The second-order valence-corrected chi connectivity index (χ2v) is 11.2. The van der Waals surface area contributed by atoms with Gasteiger partial charge in [0.2, 0.25) is 5.91 Å². The number of hydrogen-bond acceptors (Lipinski definition) is 8. The summed E-state index contributed by atoms with van der Waals surface area (Å²) in [4.78, 5) is 35.1. The Bertz CT molecular complexity index is 1780. The van der Waals surface area contributed by atoms with Crippen molar-refractivity contribution in [3.63, 3.8) is 0 Å². The summed E-state index contributed by atoms with van der Waals surface area (Å²) in [6, 6.07) is 28.5. The maximum Gasteiger partial charge on any atom is 0.251 e. The fourth-order valence-corrected chi connectivity index (χ4v) is 5.87. The molecule has 1 heterocycles. The zero-order chi connectivity index (χ0) is 32.5. The average molecular weight is 638 g/mol. The quantitative estimate of drug-likeness (QED) is 0.152. The number of anilines is 1. The number of thiazole rings is 1. The van der Waals surface area contributed by atoms with E-state index in [1.165, 1.54) is 25.6 Å². The van der Waals surface area contributed by atoms with E-state index in [1.807, 2.05) is 66.0 Å². The van der Waals surface area contributed by atoms with Crippen LogP contribution in [-0.4, -0.2) is 50.1 Å². The summed E-state index contributed by atoms with van der Waals surface area (Å²) in [6.45, 7) is 0.0926. The van der Waals surface area contributed by atoms with E-state index >= 15 is 0 Å². The van der Waals surface area contributed by atoms with E-state index in [9.17, 15) is 9.59 Å². The molecule has 1 atom stereocenters. The predicted octanol–water partition coefficient (Wildman–Crippen LogP) is 6.80. The van der Waals surface area contributed by atoms with Gasteiger partial charge in [-0.15, -0.1) is 11.3 Å². The average Bonchev–Trinajstić information content (AvgIpc) is 3.57. The second-order valence-electron chi connectivity index (χ2n) is 10.2. The summed E-state index contributed by atoms with van der Waals surface area (Å²) in [5.41, 5.74) is 3.54. The number of carbonyl (C=O) groups is 2. The summed E-state index contributed by atoms with van der Waals surface area (Å²) < 4.78 is 21.9. The van der Waals surface area contributed by atoms with Gasteiger partial charge in [-0.05, 0) is 35.4 Å². The van der Waals surface area contributed by atoms with Crippen molar-refractivity contribution in [2.24, 2.45) is 0 Å². The van der Waals surface area contributed by atoms with Crippen LogP contribution in [0.1, 0.15) is 22.2 Å². The van der Waals surface area contributed by atoms with Crippen LogP contribution in [0.3, 0.4) is 0 Å². The highest BCUT2D eigenvalue weighted by atomic mass is 32.1. The molecule has 1 aromatic heterocycles. The highest BCUT2D eigenvalue weighted by Gasteiger charge is 2.34. The number of benzene rings is 4. The van der Waals surface area contributed by atoms with Crippen LogP contribution in [0.2, 0.25) is 0 Å². The maximum atomic E-state index is 14.4. The van der Waals surface area contributed by atoms with Gasteiger partial charge in [0, 0.05) is 17.0 Å². The summed E-state index contributed by atoms with van der Waals surface area (Å²) in [5, 5.41) is 5.63. The third kappa shape index (κ3) is 7.47. The smallest absolute Gasteiger partial charge is 0.251 e. The Morgan fingerprint density at radius 3 is 2.15 bits per heavy atom. The van der Waals surface area contributed by atoms with Gasteiger partial charge in [0.1, 0.15) is 22.5 Å². The molecule has 0 aliphatic carbocycles. The molecule has 0 bridgehead atoms. The summed E-state index contributed by atoms with van der Waals surface area (Å²) in [5.74, 6) is 1.21. The van der Waals surface area contributed by atoms with Gasteiger partial charge in [0.15, 0.2) is 11.5 Å². The van der Waals surface area contributed by atoms with Gasteiger partial charge in [0.25, 0.3) is 5.91 Å². The Labute approximate surface area is 272 Å². The molecule has 1 unspecified atom stereocenters. The van der Waals surface area contributed by atoms with E-state index in [-0.39, 0.29) is 18.9 Å². The SMILES string of the molecule is COc1ccc(NC(=O)C(c2ccc(OC)c(OC)c2)N(Cc2nc(-c3ccccc3)cs2)C(=O)Cc2ccccc2)c(OC)c1. The Balaban J connectivity index is 1.59. The second kappa shape index (κ2) is 15.1. The van der Waals surface area contributed by atoms with Crippen LogP contribution in [-0.2, 0) is 22.6 Å². The van der Waals surface area contributed by atoms with Crippen LogP contribution in [0.15, 0.2) is 102 Å². The first kappa shape index (κ1) is 32.1. The Kier molecular flexibility index (Phi) is 10.5. The van der Waals surface area contributed by atoms with E-state index in [0.717, 1.165) is 16.8 Å². The minimum atomic E-state index is -1.08. The Morgan fingerprint density at radius 1 is 0.783 bits per heavy atom. The zero-order valence-corrected chi connectivity index (χ0v) is 26.9. The van der Waals surface area contributed by atoms with E-state index in [1.54, 1.807) is 55.5 Å². The number of methoxy groups -OCH3 is 4. The number of amides is 2. The van der Waals surface area contributed by atoms with Crippen molar-refractivity contribution in [2.45, 2.75) is 19.0 Å². The molecule has 5 rings (SSSR count). The molecule has 0 spiro atoms. The van der Waals surface area contributed by atoms with E-state index < -0.39 is 11.9 Å². The Morgan fingerprint density at radius 2 is 1.48 bits per heavy atom. The first-order valence-corrected chi connectivity index (χ1v) is 15.4. The van der Waals surface area contributed by atoms with Crippen molar-refractivity contribution < 1.29 is 28.5 Å². The summed E-state index contributed by atoms with van der Waals surface area (Å²) in [7, 11) is 6.13. The minimum Gasteiger partial charge on any atom is -0.497 e. The number of nitrogens with zero attached hydrogens (tertiary/aromatic N) is 2. The first-order chi connectivity index (χ1) is 22.4. The van der Waals surface area contributed by atoms with Gasteiger partial charge in [-0.2, -0.15) is 0 Å². The highest BCUT2D eigenvalue weighted by molar-refractivity contribution is 7.09. The van der Waals surface area contributed by atoms with E-state index in [4.69, 9.17) is 23.9 Å². The fraction of sp³-hybridized carbons (Fsp3) is 0.194. The lowest BCUT2D eigenvalue weighted by atomic mass is 10.0.